The average Bonchev–Trinajstić information content (AvgIpc) is 2.80. The molecule has 0 heterocycles. The quantitative estimate of drug-likeness (QED) is 0.117. The Morgan fingerprint density at radius 1 is 0.545 bits per heavy atom. The SMILES string of the molecule is CCCCCCCCc1ccc(O[PH](=O)Oc2ccc(CCCCCCCC)cc2)cc1.[CaH2]. The monoisotopic (exact) mass is 500 g/mol. The minimum absolute atomic E-state index is 0. The Balaban J connectivity index is 0.00000544. The Kier molecular flexibility index (Phi) is 18.3. The topological polar surface area (TPSA) is 35.5 Å². The van der Waals surface area contributed by atoms with Crippen LogP contribution in [-0.2, 0) is 17.4 Å². The molecule has 0 atom stereocenters. The predicted molar refractivity (Wildman–Crippen MR) is 146 cm³/mol. The maximum atomic E-state index is 12.3. The fourth-order valence-electron chi connectivity index (χ4n) is 3.88. The molecule has 2 aromatic rings. The van der Waals surface area contributed by atoms with E-state index in [1.54, 1.807) is 0 Å². The fraction of sp³-hybridized carbons (Fsp3) is 0.571. The zero-order chi connectivity index (χ0) is 22.9. The van der Waals surface area contributed by atoms with Gasteiger partial charge >= 0.3 is 46.0 Å². The van der Waals surface area contributed by atoms with Crippen LogP contribution in [0.5, 0.6) is 11.5 Å². The number of rotatable bonds is 18. The van der Waals surface area contributed by atoms with Gasteiger partial charge in [-0.25, -0.2) is 4.57 Å². The molecule has 2 aromatic carbocycles. The van der Waals surface area contributed by atoms with E-state index < -0.39 is 8.25 Å². The molecule has 33 heavy (non-hydrogen) atoms. The molecule has 5 heteroatoms. The van der Waals surface area contributed by atoms with E-state index in [1.807, 2.05) is 24.3 Å². The zero-order valence-corrected chi connectivity index (χ0v) is 21.2. The number of hydrogen-bond acceptors (Lipinski definition) is 3. The van der Waals surface area contributed by atoms with Crippen molar-refractivity contribution in [1.82, 2.24) is 0 Å². The molecule has 0 aromatic heterocycles. The molecule has 0 amide bonds. The van der Waals surface area contributed by atoms with Crippen molar-refractivity contribution in [3.8, 4) is 11.5 Å². The summed E-state index contributed by atoms with van der Waals surface area (Å²) in [6.45, 7) is 4.49. The molecule has 0 aliphatic rings. The second kappa shape index (κ2) is 19.8. The van der Waals surface area contributed by atoms with Crippen molar-refractivity contribution < 1.29 is 13.6 Å². The number of hydrogen-bond donors (Lipinski definition) is 0. The normalized spacial score (nSPS) is 10.8. The van der Waals surface area contributed by atoms with Crippen LogP contribution in [0, 0.1) is 0 Å². The molecule has 0 unspecified atom stereocenters. The van der Waals surface area contributed by atoms with Crippen LogP contribution in [0.1, 0.15) is 102 Å². The summed E-state index contributed by atoms with van der Waals surface area (Å²) in [6, 6.07) is 15.8. The van der Waals surface area contributed by atoms with Gasteiger partial charge in [0.25, 0.3) is 0 Å². The van der Waals surface area contributed by atoms with Crippen molar-refractivity contribution in [2.75, 3.05) is 0 Å². The van der Waals surface area contributed by atoms with Crippen LogP contribution in [0.25, 0.3) is 0 Å². The summed E-state index contributed by atoms with van der Waals surface area (Å²) in [4.78, 5) is 0. The first-order valence-electron chi connectivity index (χ1n) is 12.8. The number of aryl methyl sites for hydroxylation is 2. The molecule has 182 valence electrons. The van der Waals surface area contributed by atoms with Gasteiger partial charge in [-0.2, -0.15) is 0 Å². The maximum absolute atomic E-state index is 12.3. The molecule has 0 saturated heterocycles. The molecule has 0 aliphatic heterocycles. The number of benzene rings is 2. The molecule has 0 aliphatic carbocycles. The summed E-state index contributed by atoms with van der Waals surface area (Å²) in [5.74, 6) is 1.19. The third-order valence-electron chi connectivity index (χ3n) is 5.89. The van der Waals surface area contributed by atoms with Crippen LogP contribution in [0.2, 0.25) is 0 Å². The summed E-state index contributed by atoms with van der Waals surface area (Å²) in [6.07, 6.45) is 17.8. The van der Waals surface area contributed by atoms with Crippen molar-refractivity contribution in [1.29, 1.82) is 0 Å². The summed E-state index contributed by atoms with van der Waals surface area (Å²) in [5, 5.41) is 0. The van der Waals surface area contributed by atoms with E-state index in [0.717, 1.165) is 12.8 Å². The summed E-state index contributed by atoms with van der Waals surface area (Å²) < 4.78 is 23.3. The summed E-state index contributed by atoms with van der Waals surface area (Å²) >= 11 is 0. The number of unbranched alkanes of at least 4 members (excludes halogenated alkanes) is 10. The third-order valence-corrected chi connectivity index (χ3v) is 6.69. The van der Waals surface area contributed by atoms with Gasteiger partial charge in [0.2, 0.25) is 0 Å². The first-order chi connectivity index (χ1) is 15.7. The van der Waals surface area contributed by atoms with Crippen LogP contribution in [0.4, 0.5) is 0 Å². The van der Waals surface area contributed by atoms with Crippen molar-refractivity contribution >= 4 is 46.0 Å². The molecule has 3 nitrogen and oxygen atoms in total. The second-order valence-electron chi connectivity index (χ2n) is 8.78. The van der Waals surface area contributed by atoms with Gasteiger partial charge in [-0.1, -0.05) is 102 Å². The van der Waals surface area contributed by atoms with Crippen molar-refractivity contribution in [2.24, 2.45) is 0 Å². The van der Waals surface area contributed by atoms with Gasteiger partial charge < -0.3 is 9.05 Å². The molecular formula is C28H45CaO3P. The summed E-state index contributed by atoms with van der Waals surface area (Å²) in [7, 11) is -2.63. The molecule has 0 bridgehead atoms. The molecule has 0 spiro atoms. The fourth-order valence-corrected chi connectivity index (χ4v) is 4.58. The Hall–Kier alpha value is -0.470. The van der Waals surface area contributed by atoms with Crippen LogP contribution >= 0.6 is 8.25 Å². The van der Waals surface area contributed by atoms with E-state index in [4.69, 9.17) is 9.05 Å². The van der Waals surface area contributed by atoms with E-state index in [2.05, 4.69) is 38.1 Å². The van der Waals surface area contributed by atoms with Gasteiger partial charge in [0, 0.05) is 0 Å². The van der Waals surface area contributed by atoms with Gasteiger partial charge in [-0.05, 0) is 61.1 Å². The molecule has 2 rings (SSSR count). The van der Waals surface area contributed by atoms with E-state index in [9.17, 15) is 4.57 Å². The average molecular weight is 501 g/mol. The van der Waals surface area contributed by atoms with Gasteiger partial charge in [-0.15, -0.1) is 0 Å². The molecular weight excluding hydrogens is 455 g/mol. The Morgan fingerprint density at radius 2 is 0.879 bits per heavy atom. The van der Waals surface area contributed by atoms with E-state index >= 15 is 0 Å². The second-order valence-corrected chi connectivity index (χ2v) is 9.69. The Bertz CT molecular complexity index is 683. The molecule has 0 fully saturated rings. The standard InChI is InChI=1S/C28H43O3P.Ca.2H/c1-3-5-7-9-11-13-15-25-17-21-27(22-18-25)30-32(29)31-28-23-19-26(20-24-28)16-14-12-10-8-6-4-2;;;/h17-24,32H,3-16H2,1-2H3;;;. The Labute approximate surface area is 233 Å². The van der Waals surface area contributed by atoms with Gasteiger partial charge in [0.05, 0.1) is 0 Å². The van der Waals surface area contributed by atoms with Gasteiger partial charge in [0.1, 0.15) is 11.5 Å². The van der Waals surface area contributed by atoms with E-state index in [1.165, 1.54) is 88.2 Å². The van der Waals surface area contributed by atoms with Crippen molar-refractivity contribution in [3.63, 3.8) is 0 Å². The van der Waals surface area contributed by atoms with Crippen LogP contribution in [0.15, 0.2) is 48.5 Å². The Morgan fingerprint density at radius 3 is 1.24 bits per heavy atom. The summed E-state index contributed by atoms with van der Waals surface area (Å²) in [5.41, 5.74) is 2.60. The predicted octanol–water partition coefficient (Wildman–Crippen LogP) is 8.42. The third kappa shape index (κ3) is 14.5. The first kappa shape index (κ1) is 30.6. The zero-order valence-electron chi connectivity index (χ0n) is 20.2. The van der Waals surface area contributed by atoms with Gasteiger partial charge in [-0.3, -0.25) is 0 Å². The first-order valence-corrected chi connectivity index (χ1v) is 14.0. The van der Waals surface area contributed by atoms with E-state index in [0.29, 0.717) is 11.5 Å². The van der Waals surface area contributed by atoms with Gasteiger partial charge in [0.15, 0.2) is 0 Å². The molecule has 0 saturated carbocycles. The van der Waals surface area contributed by atoms with Crippen LogP contribution in [-0.4, -0.2) is 37.7 Å². The van der Waals surface area contributed by atoms with Crippen LogP contribution < -0.4 is 9.05 Å². The minimum atomic E-state index is -2.63. The molecule has 0 N–H and O–H groups in total. The van der Waals surface area contributed by atoms with E-state index in [-0.39, 0.29) is 37.7 Å². The van der Waals surface area contributed by atoms with Crippen molar-refractivity contribution in [2.45, 2.75) is 104 Å². The molecule has 0 radical (unpaired) electrons. The van der Waals surface area contributed by atoms with Crippen LogP contribution in [0.3, 0.4) is 0 Å². The van der Waals surface area contributed by atoms with Crippen molar-refractivity contribution in [3.05, 3.63) is 59.7 Å².